The molecule has 0 fully saturated rings. The van der Waals surface area contributed by atoms with E-state index in [2.05, 4.69) is 0 Å². The van der Waals surface area contributed by atoms with Crippen molar-refractivity contribution in [3.8, 4) is 11.5 Å². The van der Waals surface area contributed by atoms with E-state index in [0.29, 0.717) is 5.75 Å². The van der Waals surface area contributed by atoms with E-state index in [9.17, 15) is 8.78 Å². The topological polar surface area (TPSA) is 35.2 Å². The Balaban J connectivity index is 2.51. The number of ether oxygens (including phenoxy) is 1. The third-order valence-corrected chi connectivity index (χ3v) is 3.06. The molecule has 2 rings (SSSR count). The fourth-order valence-electron chi connectivity index (χ4n) is 1.87. The summed E-state index contributed by atoms with van der Waals surface area (Å²) in [4.78, 5) is 0. The molecule has 0 amide bonds. The Hall–Kier alpha value is -2.10. The van der Waals surface area contributed by atoms with Crippen molar-refractivity contribution < 1.29 is 13.5 Å². The van der Waals surface area contributed by atoms with E-state index in [0.717, 1.165) is 22.8 Å². The van der Waals surface area contributed by atoms with Gasteiger partial charge in [-0.15, -0.1) is 0 Å². The minimum Gasteiger partial charge on any atom is -0.452 e. The normalized spacial score (nSPS) is 10.6. The molecule has 0 aliphatic heterocycles. The first kappa shape index (κ1) is 13.3. The van der Waals surface area contributed by atoms with Gasteiger partial charge in [-0.25, -0.2) is 4.39 Å². The fraction of sp³-hybridized carbons (Fsp3) is 0.200. The van der Waals surface area contributed by atoms with Crippen LogP contribution in [-0.2, 0) is 0 Å². The third kappa shape index (κ3) is 2.52. The smallest absolute Gasteiger partial charge is 0.203 e. The summed E-state index contributed by atoms with van der Waals surface area (Å²) in [6.45, 7) is 5.70. The Kier molecular flexibility index (Phi) is 3.42. The molecule has 0 spiro atoms. The number of hydrogen-bond acceptors (Lipinski definition) is 2. The molecule has 4 heteroatoms. The highest BCUT2D eigenvalue weighted by Crippen LogP contribution is 2.34. The number of halogens is 2. The van der Waals surface area contributed by atoms with Gasteiger partial charge in [-0.3, -0.25) is 0 Å². The van der Waals surface area contributed by atoms with Crippen molar-refractivity contribution in [2.24, 2.45) is 0 Å². The molecule has 0 radical (unpaired) electrons. The Morgan fingerprint density at radius 1 is 1.05 bits per heavy atom. The minimum atomic E-state index is -1.07. The second-order valence-corrected chi connectivity index (χ2v) is 4.59. The van der Waals surface area contributed by atoms with Gasteiger partial charge in [-0.05, 0) is 55.7 Å². The molecule has 0 aromatic heterocycles. The molecule has 0 aliphatic rings. The summed E-state index contributed by atoms with van der Waals surface area (Å²) in [5, 5.41) is 0. The van der Waals surface area contributed by atoms with Gasteiger partial charge in [-0.2, -0.15) is 4.39 Å². The molecule has 0 unspecified atom stereocenters. The molecule has 2 nitrogen and oxygen atoms in total. The Morgan fingerprint density at radius 2 is 1.74 bits per heavy atom. The molecule has 2 aromatic carbocycles. The molecular weight excluding hydrogens is 248 g/mol. The summed E-state index contributed by atoms with van der Waals surface area (Å²) in [5.74, 6) is -1.84. The lowest BCUT2D eigenvalue weighted by Gasteiger charge is -2.14. The molecule has 0 atom stereocenters. The second kappa shape index (κ2) is 4.88. The first-order valence-electron chi connectivity index (χ1n) is 5.89. The Morgan fingerprint density at radius 3 is 2.42 bits per heavy atom. The number of nitrogen functional groups attached to an aromatic ring is 1. The maximum atomic E-state index is 13.7. The first-order chi connectivity index (χ1) is 8.90. The van der Waals surface area contributed by atoms with Gasteiger partial charge in [0.15, 0.2) is 11.6 Å². The van der Waals surface area contributed by atoms with E-state index in [1.165, 1.54) is 6.07 Å². The highest BCUT2D eigenvalue weighted by molar-refractivity contribution is 5.56. The first-order valence-corrected chi connectivity index (χ1v) is 5.89. The molecule has 0 saturated carbocycles. The van der Waals surface area contributed by atoms with Crippen molar-refractivity contribution in [2.45, 2.75) is 20.8 Å². The molecule has 2 N–H and O–H groups in total. The van der Waals surface area contributed by atoms with Gasteiger partial charge >= 0.3 is 0 Å². The third-order valence-electron chi connectivity index (χ3n) is 3.06. The standard InChI is InChI=1S/C15H15F2NO/c1-8-6-9(2)10(3)13(7-8)19-15-12(18)5-4-11(16)14(15)17/h4-7H,18H2,1-3H3. The van der Waals surface area contributed by atoms with Crippen LogP contribution in [0.15, 0.2) is 24.3 Å². The van der Waals surface area contributed by atoms with Crippen LogP contribution in [0, 0.1) is 32.4 Å². The molecule has 2 aromatic rings. The van der Waals surface area contributed by atoms with Crippen molar-refractivity contribution in [3.05, 3.63) is 52.6 Å². The summed E-state index contributed by atoms with van der Waals surface area (Å²) in [5.41, 5.74) is 8.57. The number of benzene rings is 2. The van der Waals surface area contributed by atoms with Crippen LogP contribution in [0.4, 0.5) is 14.5 Å². The fourth-order valence-corrected chi connectivity index (χ4v) is 1.87. The molecule has 0 heterocycles. The molecule has 19 heavy (non-hydrogen) atoms. The summed E-state index contributed by atoms with van der Waals surface area (Å²) in [6, 6.07) is 6.03. The number of anilines is 1. The maximum absolute atomic E-state index is 13.7. The average Bonchev–Trinajstić information content (AvgIpc) is 2.35. The van der Waals surface area contributed by atoms with Crippen molar-refractivity contribution in [3.63, 3.8) is 0 Å². The lowest BCUT2D eigenvalue weighted by molar-refractivity contribution is 0.416. The van der Waals surface area contributed by atoms with Crippen LogP contribution in [0.5, 0.6) is 11.5 Å². The highest BCUT2D eigenvalue weighted by atomic mass is 19.2. The summed E-state index contributed by atoms with van der Waals surface area (Å²) < 4.78 is 32.4. The minimum absolute atomic E-state index is 0.0671. The zero-order valence-electron chi connectivity index (χ0n) is 11.1. The lowest BCUT2D eigenvalue weighted by Crippen LogP contribution is -1.99. The summed E-state index contributed by atoms with van der Waals surface area (Å²) in [6.07, 6.45) is 0. The van der Waals surface area contributed by atoms with Gasteiger partial charge in [0, 0.05) is 0 Å². The average molecular weight is 263 g/mol. The number of hydrogen-bond donors (Lipinski definition) is 1. The Bertz CT molecular complexity index is 639. The number of nitrogens with two attached hydrogens (primary N) is 1. The molecule has 100 valence electrons. The van der Waals surface area contributed by atoms with E-state index in [1.54, 1.807) is 6.07 Å². The van der Waals surface area contributed by atoms with Gasteiger partial charge in [-0.1, -0.05) is 6.07 Å². The number of aryl methyl sites for hydroxylation is 2. The van der Waals surface area contributed by atoms with Gasteiger partial charge in [0.1, 0.15) is 5.75 Å². The van der Waals surface area contributed by atoms with E-state index < -0.39 is 11.6 Å². The maximum Gasteiger partial charge on any atom is 0.203 e. The predicted octanol–water partition coefficient (Wildman–Crippen LogP) is 4.26. The summed E-state index contributed by atoms with van der Waals surface area (Å²) in [7, 11) is 0. The largest absolute Gasteiger partial charge is 0.452 e. The van der Waals surface area contributed by atoms with Gasteiger partial charge in [0.2, 0.25) is 5.82 Å². The van der Waals surface area contributed by atoms with Crippen LogP contribution in [0.2, 0.25) is 0 Å². The van der Waals surface area contributed by atoms with E-state index >= 15 is 0 Å². The highest BCUT2D eigenvalue weighted by Gasteiger charge is 2.15. The Labute approximate surface area is 110 Å². The van der Waals surface area contributed by atoms with Crippen molar-refractivity contribution in [2.75, 3.05) is 5.73 Å². The summed E-state index contributed by atoms with van der Waals surface area (Å²) >= 11 is 0. The van der Waals surface area contributed by atoms with Crippen LogP contribution in [-0.4, -0.2) is 0 Å². The van der Waals surface area contributed by atoms with E-state index in [1.807, 2.05) is 26.8 Å². The van der Waals surface area contributed by atoms with Crippen LogP contribution in [0.3, 0.4) is 0 Å². The van der Waals surface area contributed by atoms with Crippen LogP contribution in [0.25, 0.3) is 0 Å². The van der Waals surface area contributed by atoms with Gasteiger partial charge < -0.3 is 10.5 Å². The van der Waals surface area contributed by atoms with Crippen molar-refractivity contribution in [1.29, 1.82) is 0 Å². The van der Waals surface area contributed by atoms with Gasteiger partial charge in [0.05, 0.1) is 5.69 Å². The quantitative estimate of drug-likeness (QED) is 0.821. The molecule has 0 aliphatic carbocycles. The van der Waals surface area contributed by atoms with Crippen LogP contribution >= 0.6 is 0 Å². The van der Waals surface area contributed by atoms with Gasteiger partial charge in [0.25, 0.3) is 0 Å². The lowest BCUT2D eigenvalue weighted by atomic mass is 10.1. The zero-order valence-corrected chi connectivity index (χ0v) is 11.1. The van der Waals surface area contributed by atoms with E-state index in [4.69, 9.17) is 10.5 Å². The SMILES string of the molecule is Cc1cc(C)c(C)c(Oc2c(N)ccc(F)c2F)c1. The molecule has 0 saturated heterocycles. The van der Waals surface area contributed by atoms with Crippen molar-refractivity contribution in [1.82, 2.24) is 0 Å². The monoisotopic (exact) mass is 263 g/mol. The number of rotatable bonds is 2. The molecular formula is C15H15F2NO. The van der Waals surface area contributed by atoms with E-state index in [-0.39, 0.29) is 11.4 Å². The second-order valence-electron chi connectivity index (χ2n) is 4.59. The molecule has 0 bridgehead atoms. The van der Waals surface area contributed by atoms with Crippen LogP contribution < -0.4 is 10.5 Å². The van der Waals surface area contributed by atoms with Crippen molar-refractivity contribution >= 4 is 5.69 Å². The predicted molar refractivity (Wildman–Crippen MR) is 71.5 cm³/mol. The van der Waals surface area contributed by atoms with Crippen LogP contribution in [0.1, 0.15) is 16.7 Å². The zero-order chi connectivity index (χ0) is 14.2.